The molecule has 29 heavy (non-hydrogen) atoms. The van der Waals surface area contributed by atoms with E-state index in [2.05, 4.69) is 10.2 Å². The highest BCUT2D eigenvalue weighted by Gasteiger charge is 2.55. The summed E-state index contributed by atoms with van der Waals surface area (Å²) in [7, 11) is 0. The van der Waals surface area contributed by atoms with Crippen LogP contribution in [0.1, 0.15) is 56.9 Å². The molecule has 1 aromatic carbocycles. The van der Waals surface area contributed by atoms with Crippen LogP contribution in [0.3, 0.4) is 0 Å². The van der Waals surface area contributed by atoms with E-state index >= 15 is 0 Å². The van der Waals surface area contributed by atoms with Gasteiger partial charge in [0.2, 0.25) is 11.8 Å². The summed E-state index contributed by atoms with van der Waals surface area (Å²) in [5.74, 6) is 2.45. The average Bonchev–Trinajstić information content (AvgIpc) is 2.69. The fourth-order valence-electron chi connectivity index (χ4n) is 7.00. The summed E-state index contributed by atoms with van der Waals surface area (Å²) in [6, 6.07) is 6.21. The normalized spacial score (nSPS) is 33.7. The molecular weight excluding hydrogens is 367 g/mol. The second kappa shape index (κ2) is 7.41. The zero-order chi connectivity index (χ0) is 20.0. The van der Waals surface area contributed by atoms with Gasteiger partial charge in [-0.2, -0.15) is 0 Å². The lowest BCUT2D eigenvalue weighted by Gasteiger charge is -2.57. The molecular formula is C24H31FN2O2. The van der Waals surface area contributed by atoms with Crippen molar-refractivity contribution in [3.8, 4) is 0 Å². The molecule has 4 nitrogen and oxygen atoms in total. The fourth-order valence-corrected chi connectivity index (χ4v) is 7.00. The van der Waals surface area contributed by atoms with Crippen molar-refractivity contribution < 1.29 is 14.0 Å². The molecule has 1 aromatic rings. The molecule has 4 bridgehead atoms. The summed E-state index contributed by atoms with van der Waals surface area (Å²) >= 11 is 0. The van der Waals surface area contributed by atoms with Crippen LogP contribution in [-0.2, 0) is 16.0 Å². The second-order valence-electron chi connectivity index (χ2n) is 10.1. The van der Waals surface area contributed by atoms with E-state index in [0.717, 1.165) is 68.5 Å². The van der Waals surface area contributed by atoms with E-state index in [0.29, 0.717) is 5.91 Å². The van der Waals surface area contributed by atoms with Crippen LogP contribution in [-0.4, -0.2) is 35.8 Å². The highest BCUT2D eigenvalue weighted by Crippen LogP contribution is 2.60. The van der Waals surface area contributed by atoms with Crippen LogP contribution in [0.4, 0.5) is 4.39 Å². The highest BCUT2D eigenvalue weighted by molar-refractivity contribution is 5.83. The Labute approximate surface area is 172 Å². The topological polar surface area (TPSA) is 49.4 Å². The molecule has 5 heteroatoms. The first-order valence-corrected chi connectivity index (χ1v) is 11.3. The van der Waals surface area contributed by atoms with E-state index in [-0.39, 0.29) is 29.6 Å². The maximum atomic E-state index is 13.5. The molecule has 4 saturated carbocycles. The molecule has 1 N–H and O–H groups in total. The third kappa shape index (κ3) is 3.80. The van der Waals surface area contributed by atoms with Crippen LogP contribution in [0, 0.1) is 29.0 Å². The standard InChI is InChI=1S/C24H31FN2O2/c25-20-3-1-16(2-4-20)12-22(28)26-21-5-7-27(8-6-21)23(29)24-13-17-9-18(14-24)11-19(10-17)15-24/h1-4,17-19,21H,5-15H2,(H,26,28). The summed E-state index contributed by atoms with van der Waals surface area (Å²) < 4.78 is 13.0. The monoisotopic (exact) mass is 398 g/mol. The Morgan fingerprint density at radius 1 is 0.966 bits per heavy atom. The number of piperidine rings is 1. The van der Waals surface area contributed by atoms with Gasteiger partial charge in [0.25, 0.3) is 0 Å². The third-order valence-corrected chi connectivity index (χ3v) is 7.92. The van der Waals surface area contributed by atoms with Crippen molar-refractivity contribution >= 4 is 11.8 Å². The van der Waals surface area contributed by atoms with Crippen molar-refractivity contribution in [2.45, 2.75) is 63.8 Å². The molecule has 2 amide bonds. The first-order valence-electron chi connectivity index (χ1n) is 11.3. The summed E-state index contributed by atoms with van der Waals surface area (Å²) in [5, 5.41) is 3.11. The molecule has 0 atom stereocenters. The molecule has 0 unspecified atom stereocenters. The number of carbonyl (C=O) groups excluding carboxylic acids is 2. The van der Waals surface area contributed by atoms with Gasteiger partial charge in [0.15, 0.2) is 0 Å². The molecule has 0 spiro atoms. The molecule has 1 aliphatic heterocycles. The van der Waals surface area contributed by atoms with Crippen molar-refractivity contribution in [3.63, 3.8) is 0 Å². The molecule has 5 fully saturated rings. The van der Waals surface area contributed by atoms with Gasteiger partial charge >= 0.3 is 0 Å². The van der Waals surface area contributed by atoms with E-state index < -0.39 is 0 Å². The average molecular weight is 399 g/mol. The fraction of sp³-hybridized carbons (Fsp3) is 0.667. The van der Waals surface area contributed by atoms with Crippen LogP contribution in [0.5, 0.6) is 0 Å². The molecule has 5 aliphatic rings. The molecule has 0 aromatic heterocycles. The number of hydrogen-bond acceptors (Lipinski definition) is 2. The highest BCUT2D eigenvalue weighted by atomic mass is 19.1. The van der Waals surface area contributed by atoms with Gasteiger partial charge in [-0.15, -0.1) is 0 Å². The number of nitrogens with zero attached hydrogens (tertiary/aromatic N) is 1. The summed E-state index contributed by atoms with van der Waals surface area (Å²) in [6.07, 6.45) is 9.34. The Morgan fingerprint density at radius 3 is 2.07 bits per heavy atom. The van der Waals surface area contributed by atoms with Crippen molar-refractivity contribution in [3.05, 3.63) is 35.6 Å². The summed E-state index contributed by atoms with van der Waals surface area (Å²) in [6.45, 7) is 1.50. The first kappa shape index (κ1) is 19.1. The van der Waals surface area contributed by atoms with E-state index in [9.17, 15) is 14.0 Å². The summed E-state index contributed by atoms with van der Waals surface area (Å²) in [5.41, 5.74) is 0.756. The number of halogens is 1. The number of likely N-dealkylation sites (tertiary alicyclic amines) is 1. The van der Waals surface area contributed by atoms with E-state index in [1.165, 1.54) is 31.4 Å². The molecule has 6 rings (SSSR count). The smallest absolute Gasteiger partial charge is 0.228 e. The Morgan fingerprint density at radius 2 is 1.52 bits per heavy atom. The number of nitrogens with one attached hydrogen (secondary N) is 1. The molecule has 1 saturated heterocycles. The minimum absolute atomic E-state index is 0.0255. The lowest BCUT2D eigenvalue weighted by molar-refractivity contribution is -0.158. The SMILES string of the molecule is O=C(Cc1ccc(F)cc1)NC1CCN(C(=O)C23CC4CC(CC(C4)C2)C3)CC1. The van der Waals surface area contributed by atoms with Gasteiger partial charge in [0.1, 0.15) is 5.82 Å². The van der Waals surface area contributed by atoms with Gasteiger partial charge in [-0.05, 0) is 86.8 Å². The van der Waals surface area contributed by atoms with Crippen molar-refractivity contribution in [1.82, 2.24) is 10.2 Å². The predicted octanol–water partition coefficient (Wildman–Crippen LogP) is 3.69. The van der Waals surface area contributed by atoms with Crippen LogP contribution in [0.15, 0.2) is 24.3 Å². The van der Waals surface area contributed by atoms with Crippen LogP contribution >= 0.6 is 0 Å². The summed E-state index contributed by atoms with van der Waals surface area (Å²) in [4.78, 5) is 27.9. The Balaban J connectivity index is 1.13. The second-order valence-corrected chi connectivity index (χ2v) is 10.1. The number of hydrogen-bond donors (Lipinski definition) is 1. The number of carbonyl (C=O) groups is 2. The van der Waals surface area contributed by atoms with Gasteiger partial charge in [-0.1, -0.05) is 12.1 Å². The van der Waals surface area contributed by atoms with Gasteiger partial charge in [0, 0.05) is 19.1 Å². The van der Waals surface area contributed by atoms with Gasteiger partial charge in [0.05, 0.1) is 11.8 Å². The molecule has 1 heterocycles. The zero-order valence-electron chi connectivity index (χ0n) is 17.0. The lowest BCUT2D eigenvalue weighted by atomic mass is 9.49. The van der Waals surface area contributed by atoms with Crippen LogP contribution in [0.2, 0.25) is 0 Å². The maximum absolute atomic E-state index is 13.5. The van der Waals surface area contributed by atoms with E-state index in [1.54, 1.807) is 12.1 Å². The zero-order valence-corrected chi connectivity index (χ0v) is 17.0. The van der Waals surface area contributed by atoms with Crippen molar-refractivity contribution in [1.29, 1.82) is 0 Å². The number of amides is 2. The Bertz CT molecular complexity index is 747. The Kier molecular flexibility index (Phi) is 4.87. The molecule has 4 aliphatic carbocycles. The molecule has 0 radical (unpaired) electrons. The predicted molar refractivity (Wildman–Crippen MR) is 108 cm³/mol. The van der Waals surface area contributed by atoms with Crippen LogP contribution < -0.4 is 5.32 Å². The van der Waals surface area contributed by atoms with Gasteiger partial charge in [-0.25, -0.2) is 4.39 Å². The lowest BCUT2D eigenvalue weighted by Crippen LogP contribution is -2.56. The van der Waals surface area contributed by atoms with Crippen molar-refractivity contribution in [2.24, 2.45) is 23.2 Å². The van der Waals surface area contributed by atoms with Gasteiger partial charge < -0.3 is 10.2 Å². The molecule has 156 valence electrons. The number of benzene rings is 1. The third-order valence-electron chi connectivity index (χ3n) is 7.92. The van der Waals surface area contributed by atoms with Gasteiger partial charge in [-0.3, -0.25) is 9.59 Å². The minimum atomic E-state index is -0.287. The largest absolute Gasteiger partial charge is 0.353 e. The number of rotatable bonds is 4. The first-order chi connectivity index (χ1) is 14.0. The Hall–Kier alpha value is -1.91. The maximum Gasteiger partial charge on any atom is 0.228 e. The quantitative estimate of drug-likeness (QED) is 0.841. The van der Waals surface area contributed by atoms with E-state index in [1.807, 2.05) is 0 Å². The minimum Gasteiger partial charge on any atom is -0.353 e. The van der Waals surface area contributed by atoms with E-state index in [4.69, 9.17) is 0 Å². The van der Waals surface area contributed by atoms with Crippen molar-refractivity contribution in [2.75, 3.05) is 13.1 Å². The van der Waals surface area contributed by atoms with Crippen LogP contribution in [0.25, 0.3) is 0 Å².